The van der Waals surface area contributed by atoms with Crippen molar-refractivity contribution >= 4 is 16.2 Å². The second kappa shape index (κ2) is 19.3. The van der Waals surface area contributed by atoms with Crippen molar-refractivity contribution < 1.29 is 51.9 Å². The summed E-state index contributed by atoms with van der Waals surface area (Å²) < 4.78 is 31.6. The van der Waals surface area contributed by atoms with Crippen molar-refractivity contribution in [2.24, 2.45) is 0 Å². The van der Waals surface area contributed by atoms with Crippen molar-refractivity contribution in [3.8, 4) is 0 Å². The Morgan fingerprint density at radius 2 is 1.23 bits per heavy atom. The Hall–Kier alpha value is 0.280. The predicted molar refractivity (Wildman–Crippen MR) is 85.5 cm³/mol. The molecule has 0 radical (unpaired) electrons. The minimum absolute atomic E-state index is 0. The van der Waals surface area contributed by atoms with E-state index in [9.17, 15) is 4.79 Å². The summed E-state index contributed by atoms with van der Waals surface area (Å²) in [6, 6.07) is 0. The molecule has 0 heterocycles. The number of allylic oxidation sites excluding steroid dienone is 1. The van der Waals surface area contributed by atoms with Crippen molar-refractivity contribution in [2.75, 3.05) is 0 Å². The van der Waals surface area contributed by atoms with Crippen LogP contribution in [0.4, 0.5) is 0 Å². The quantitative estimate of drug-likeness (QED) is 0.183. The molecule has 7 heteroatoms. The zero-order valence-electron chi connectivity index (χ0n) is 13.8. The molecule has 0 aromatic carbocycles. The number of carbonyl (C=O) groups is 1. The van der Waals surface area contributed by atoms with Crippen LogP contribution in [0.15, 0.2) is 12.7 Å². The fourth-order valence-electron chi connectivity index (χ4n) is 1.82. The molecule has 0 atom stereocenters. The van der Waals surface area contributed by atoms with E-state index in [0.29, 0.717) is 6.42 Å². The van der Waals surface area contributed by atoms with E-state index in [1.807, 2.05) is 0 Å². The Balaban J connectivity index is -0.000000520. The second-order valence-electron chi connectivity index (χ2n) is 4.90. The standard InChI is InChI=1S/C15H27O.Na.H2O4S/c1-3-5-6-7-8-9-10-11-12-13-14-15(16)4-2;;1-5(2,3)4/h4H,1-3,5-14H2;;(H2,1,2,3,4)/q-1;+1;. The largest absolute Gasteiger partial charge is 1.00 e. The van der Waals surface area contributed by atoms with Gasteiger partial charge in [0.25, 0.3) is 0 Å². The zero-order valence-corrected chi connectivity index (χ0v) is 16.6. The van der Waals surface area contributed by atoms with Crippen LogP contribution >= 0.6 is 0 Å². The SMILES string of the molecule is C=CC(=O)CCCCCCCCCCC[CH2-].O=S(=O)(O)O.[Na+]. The van der Waals surface area contributed by atoms with E-state index in [0.717, 1.165) is 12.8 Å². The molecule has 126 valence electrons. The van der Waals surface area contributed by atoms with Crippen LogP contribution in [0.5, 0.6) is 0 Å². The van der Waals surface area contributed by atoms with Gasteiger partial charge in [-0.25, -0.2) is 0 Å². The summed E-state index contributed by atoms with van der Waals surface area (Å²) in [5.41, 5.74) is 0. The van der Waals surface area contributed by atoms with Crippen molar-refractivity contribution in [1.29, 1.82) is 0 Å². The van der Waals surface area contributed by atoms with Gasteiger partial charge in [-0.1, -0.05) is 57.9 Å². The van der Waals surface area contributed by atoms with Crippen LogP contribution in [0.2, 0.25) is 0 Å². The topological polar surface area (TPSA) is 91.7 Å². The summed E-state index contributed by atoms with van der Waals surface area (Å²) in [5.74, 6) is 0.188. The molecule has 0 spiro atoms. The summed E-state index contributed by atoms with van der Waals surface area (Å²) in [5, 5.41) is 0. The molecule has 0 aliphatic heterocycles. The molecule has 0 fully saturated rings. The first-order valence-electron chi connectivity index (χ1n) is 7.45. The Bertz CT molecular complexity index is 347. The molecular formula is C15H29NaO5S. The van der Waals surface area contributed by atoms with Gasteiger partial charge in [0, 0.05) is 6.42 Å². The van der Waals surface area contributed by atoms with Gasteiger partial charge in [-0.2, -0.15) is 14.8 Å². The van der Waals surface area contributed by atoms with Crippen LogP contribution in [-0.4, -0.2) is 23.3 Å². The first kappa shape index (κ1) is 27.1. The van der Waals surface area contributed by atoms with Gasteiger partial charge in [0.05, 0.1) is 0 Å². The first-order chi connectivity index (χ1) is 9.81. The molecule has 22 heavy (non-hydrogen) atoms. The smallest absolute Gasteiger partial charge is 0.343 e. The maximum Gasteiger partial charge on any atom is 1.00 e. The Labute approximate surface area is 157 Å². The molecule has 0 saturated heterocycles. The van der Waals surface area contributed by atoms with Crippen molar-refractivity contribution in [3.63, 3.8) is 0 Å². The minimum atomic E-state index is -4.67. The molecule has 0 aliphatic rings. The van der Waals surface area contributed by atoms with E-state index in [4.69, 9.17) is 17.5 Å². The summed E-state index contributed by atoms with van der Waals surface area (Å²) in [4.78, 5) is 10.9. The summed E-state index contributed by atoms with van der Waals surface area (Å²) in [7, 11) is -4.67. The number of unbranched alkanes of at least 4 members (excludes halogenated alkanes) is 9. The molecule has 2 N–H and O–H groups in total. The fourth-order valence-corrected chi connectivity index (χ4v) is 1.82. The Kier molecular flexibility index (Phi) is 23.8. The molecular weight excluding hydrogens is 315 g/mol. The summed E-state index contributed by atoms with van der Waals surface area (Å²) in [6.07, 6.45) is 14.7. The zero-order chi connectivity index (χ0) is 16.6. The molecule has 0 amide bonds. The van der Waals surface area contributed by atoms with Crippen LogP contribution in [0.25, 0.3) is 0 Å². The summed E-state index contributed by atoms with van der Waals surface area (Å²) in [6.45, 7) is 7.31. The first-order valence-corrected chi connectivity index (χ1v) is 8.85. The van der Waals surface area contributed by atoms with Gasteiger partial charge in [0.15, 0.2) is 5.78 Å². The summed E-state index contributed by atoms with van der Waals surface area (Å²) >= 11 is 0. The molecule has 0 aromatic rings. The molecule has 5 nitrogen and oxygen atoms in total. The third-order valence-corrected chi connectivity index (χ3v) is 2.90. The van der Waals surface area contributed by atoms with E-state index in [1.54, 1.807) is 0 Å². The Morgan fingerprint density at radius 1 is 0.909 bits per heavy atom. The molecule has 0 rings (SSSR count). The average Bonchev–Trinajstić information content (AvgIpc) is 2.38. The van der Waals surface area contributed by atoms with Gasteiger partial charge >= 0.3 is 40.0 Å². The fraction of sp³-hybridized carbons (Fsp3) is 0.733. The van der Waals surface area contributed by atoms with Gasteiger partial charge < -0.3 is 6.92 Å². The maximum absolute atomic E-state index is 10.9. The number of hydrogen-bond donors (Lipinski definition) is 2. The van der Waals surface area contributed by atoms with Crippen LogP contribution < -0.4 is 29.6 Å². The normalized spacial score (nSPS) is 10.1. The monoisotopic (exact) mass is 344 g/mol. The molecule has 0 bridgehead atoms. The average molecular weight is 344 g/mol. The number of ketones is 1. The van der Waals surface area contributed by atoms with Gasteiger partial charge in [-0.3, -0.25) is 13.9 Å². The van der Waals surface area contributed by atoms with Gasteiger partial charge in [-0.15, -0.1) is 0 Å². The number of rotatable bonds is 12. The molecule has 0 saturated carbocycles. The van der Waals surface area contributed by atoms with Crippen LogP contribution in [0.1, 0.15) is 70.6 Å². The van der Waals surface area contributed by atoms with Crippen molar-refractivity contribution in [3.05, 3.63) is 19.6 Å². The third-order valence-electron chi connectivity index (χ3n) is 2.90. The Morgan fingerprint density at radius 3 is 1.55 bits per heavy atom. The number of hydrogen-bond acceptors (Lipinski definition) is 3. The third kappa shape index (κ3) is 37.0. The van der Waals surface area contributed by atoms with Crippen molar-refractivity contribution in [2.45, 2.75) is 70.6 Å². The second-order valence-corrected chi connectivity index (χ2v) is 5.80. The predicted octanol–water partition coefficient (Wildman–Crippen LogP) is 1.22. The van der Waals surface area contributed by atoms with Crippen LogP contribution in [0.3, 0.4) is 0 Å². The van der Waals surface area contributed by atoms with Crippen LogP contribution in [0, 0.1) is 6.92 Å². The maximum atomic E-state index is 10.9. The van der Waals surface area contributed by atoms with E-state index >= 15 is 0 Å². The van der Waals surface area contributed by atoms with E-state index in [1.165, 1.54) is 57.4 Å². The van der Waals surface area contributed by atoms with Crippen molar-refractivity contribution in [1.82, 2.24) is 0 Å². The van der Waals surface area contributed by atoms with Gasteiger partial charge in [-0.05, 0) is 12.5 Å². The number of carbonyl (C=O) groups excluding carboxylic acids is 1. The molecule has 0 aromatic heterocycles. The van der Waals surface area contributed by atoms with E-state index in [-0.39, 0.29) is 35.3 Å². The van der Waals surface area contributed by atoms with E-state index < -0.39 is 10.4 Å². The molecule has 0 unspecified atom stereocenters. The van der Waals surface area contributed by atoms with Gasteiger partial charge in [0.1, 0.15) is 0 Å². The van der Waals surface area contributed by atoms with Crippen LogP contribution in [-0.2, 0) is 15.2 Å². The van der Waals surface area contributed by atoms with E-state index in [2.05, 4.69) is 13.5 Å². The van der Waals surface area contributed by atoms with Gasteiger partial charge in [0.2, 0.25) is 0 Å². The molecule has 0 aliphatic carbocycles. The minimum Gasteiger partial charge on any atom is -0.343 e.